The third-order valence-corrected chi connectivity index (χ3v) is 5.57. The maximum Gasteiger partial charge on any atom is 0.282 e. The van der Waals surface area contributed by atoms with E-state index in [1.54, 1.807) is 6.07 Å². The molecule has 0 unspecified atom stereocenters. The van der Waals surface area contributed by atoms with Crippen molar-refractivity contribution >= 4 is 40.1 Å². The topological polar surface area (TPSA) is 58.6 Å². The highest BCUT2D eigenvalue weighted by molar-refractivity contribution is 7.11. The van der Waals surface area contributed by atoms with Crippen LogP contribution in [0.1, 0.15) is 23.8 Å². The molecule has 2 amide bonds. The Morgan fingerprint density at radius 1 is 1.00 bits per heavy atom. The molecule has 4 rings (SSSR count). The number of aryl methyl sites for hydroxylation is 1. The van der Waals surface area contributed by atoms with Gasteiger partial charge in [-0.05, 0) is 54.6 Å². The molecule has 0 spiro atoms. The van der Waals surface area contributed by atoms with Crippen LogP contribution in [0.25, 0.3) is 5.57 Å². The maximum absolute atomic E-state index is 13.4. The number of carbonyl (C=O) groups is 2. The molecular formula is C24H22N2O3S. The van der Waals surface area contributed by atoms with Crippen molar-refractivity contribution in [2.45, 2.75) is 20.3 Å². The van der Waals surface area contributed by atoms with Gasteiger partial charge in [0.15, 0.2) is 0 Å². The predicted octanol–water partition coefficient (Wildman–Crippen LogP) is 5.24. The van der Waals surface area contributed by atoms with Crippen LogP contribution in [-0.2, 0) is 9.59 Å². The molecule has 0 saturated heterocycles. The van der Waals surface area contributed by atoms with Crippen molar-refractivity contribution in [2.24, 2.45) is 0 Å². The number of amides is 2. The van der Waals surface area contributed by atoms with Gasteiger partial charge in [0.05, 0.1) is 17.9 Å². The molecule has 0 saturated carbocycles. The number of anilines is 2. The second-order valence-corrected chi connectivity index (χ2v) is 7.96. The number of ether oxygens (including phenoxy) is 1. The van der Waals surface area contributed by atoms with Crippen molar-refractivity contribution in [1.82, 2.24) is 0 Å². The monoisotopic (exact) mass is 418 g/mol. The van der Waals surface area contributed by atoms with Crippen LogP contribution in [0.5, 0.6) is 5.75 Å². The summed E-state index contributed by atoms with van der Waals surface area (Å²) in [5.74, 6) is 0.0234. The first-order valence-electron chi connectivity index (χ1n) is 9.82. The third-order valence-electron chi connectivity index (χ3n) is 4.69. The van der Waals surface area contributed by atoms with Crippen LogP contribution in [0, 0.1) is 6.92 Å². The summed E-state index contributed by atoms with van der Waals surface area (Å²) in [6, 6.07) is 18.5. The predicted molar refractivity (Wildman–Crippen MR) is 121 cm³/mol. The Kier molecular flexibility index (Phi) is 5.68. The first kappa shape index (κ1) is 19.9. The summed E-state index contributed by atoms with van der Waals surface area (Å²) < 4.78 is 5.69. The molecule has 1 aromatic heterocycles. The molecule has 30 heavy (non-hydrogen) atoms. The number of hydrogen-bond acceptors (Lipinski definition) is 5. The Bertz CT molecular complexity index is 1120. The first-order chi connectivity index (χ1) is 14.6. The van der Waals surface area contributed by atoms with Crippen molar-refractivity contribution in [3.05, 3.63) is 82.2 Å². The Hall–Kier alpha value is -3.38. The average Bonchev–Trinajstić information content (AvgIpc) is 3.34. The largest absolute Gasteiger partial charge is 0.494 e. The minimum atomic E-state index is -0.367. The van der Waals surface area contributed by atoms with Crippen LogP contribution in [-0.4, -0.2) is 18.4 Å². The average molecular weight is 419 g/mol. The number of hydrogen-bond donors (Lipinski definition) is 1. The maximum atomic E-state index is 13.4. The third kappa shape index (κ3) is 3.86. The Labute approximate surface area is 179 Å². The lowest BCUT2D eigenvalue weighted by Gasteiger charge is -2.16. The normalized spacial score (nSPS) is 13.9. The fraction of sp³-hybridized carbons (Fsp3) is 0.167. The van der Waals surface area contributed by atoms with E-state index in [2.05, 4.69) is 5.32 Å². The van der Waals surface area contributed by atoms with E-state index in [0.29, 0.717) is 29.3 Å². The Morgan fingerprint density at radius 3 is 2.57 bits per heavy atom. The summed E-state index contributed by atoms with van der Waals surface area (Å²) in [5, 5.41) is 5.08. The van der Waals surface area contributed by atoms with Gasteiger partial charge >= 0.3 is 0 Å². The van der Waals surface area contributed by atoms with Crippen LogP contribution < -0.4 is 15.0 Å². The molecule has 1 N–H and O–H groups in total. The van der Waals surface area contributed by atoms with E-state index in [0.717, 1.165) is 16.9 Å². The zero-order chi connectivity index (χ0) is 21.1. The minimum Gasteiger partial charge on any atom is -0.494 e. The number of rotatable bonds is 7. The number of nitrogens with zero attached hydrogens (tertiary/aromatic N) is 1. The number of imide groups is 1. The van der Waals surface area contributed by atoms with Gasteiger partial charge in [-0.3, -0.25) is 9.59 Å². The SMILES string of the molecule is CCCOc1cccc(NC2=C(c3cccs3)C(=O)N(c3cccc(C)c3)C2=O)c1. The van der Waals surface area contributed by atoms with Gasteiger partial charge in [0.25, 0.3) is 11.8 Å². The van der Waals surface area contributed by atoms with Gasteiger partial charge in [-0.15, -0.1) is 11.3 Å². The zero-order valence-electron chi connectivity index (χ0n) is 16.8. The number of thiophene rings is 1. The van der Waals surface area contributed by atoms with Crippen molar-refractivity contribution in [2.75, 3.05) is 16.8 Å². The van der Waals surface area contributed by atoms with Gasteiger partial charge in [0, 0.05) is 16.6 Å². The van der Waals surface area contributed by atoms with Crippen molar-refractivity contribution in [3.63, 3.8) is 0 Å². The van der Waals surface area contributed by atoms with Crippen molar-refractivity contribution in [1.29, 1.82) is 0 Å². The van der Waals surface area contributed by atoms with Crippen LogP contribution in [0.3, 0.4) is 0 Å². The lowest BCUT2D eigenvalue weighted by atomic mass is 10.1. The number of benzene rings is 2. The first-order valence-corrected chi connectivity index (χ1v) is 10.7. The van der Waals surface area contributed by atoms with Crippen LogP contribution in [0.4, 0.5) is 11.4 Å². The lowest BCUT2D eigenvalue weighted by molar-refractivity contribution is -0.120. The quantitative estimate of drug-likeness (QED) is 0.533. The fourth-order valence-electron chi connectivity index (χ4n) is 3.32. The van der Waals surface area contributed by atoms with Crippen LogP contribution in [0.15, 0.2) is 71.7 Å². The number of nitrogens with one attached hydrogen (secondary N) is 1. The molecule has 5 nitrogen and oxygen atoms in total. The highest BCUT2D eigenvalue weighted by atomic mass is 32.1. The molecule has 0 atom stereocenters. The molecule has 6 heteroatoms. The summed E-state index contributed by atoms with van der Waals surface area (Å²) in [4.78, 5) is 28.7. The molecule has 0 radical (unpaired) electrons. The van der Waals surface area contributed by atoms with Crippen LogP contribution in [0.2, 0.25) is 0 Å². The van der Waals surface area contributed by atoms with Gasteiger partial charge in [0.2, 0.25) is 0 Å². The molecule has 0 fully saturated rings. The molecule has 1 aliphatic heterocycles. The van der Waals surface area contributed by atoms with Gasteiger partial charge in [-0.2, -0.15) is 0 Å². The molecule has 2 heterocycles. The smallest absolute Gasteiger partial charge is 0.282 e. The molecule has 2 aromatic carbocycles. The fourth-order valence-corrected chi connectivity index (χ4v) is 4.09. The second-order valence-electron chi connectivity index (χ2n) is 7.01. The zero-order valence-corrected chi connectivity index (χ0v) is 17.7. The Morgan fingerprint density at radius 2 is 1.83 bits per heavy atom. The molecule has 152 valence electrons. The van der Waals surface area contributed by atoms with E-state index in [9.17, 15) is 9.59 Å². The van der Waals surface area contributed by atoms with E-state index in [-0.39, 0.29) is 17.5 Å². The molecule has 0 aliphatic carbocycles. The lowest BCUT2D eigenvalue weighted by Crippen LogP contribution is -2.32. The summed E-state index contributed by atoms with van der Waals surface area (Å²) >= 11 is 1.43. The van der Waals surface area contributed by atoms with E-state index >= 15 is 0 Å². The van der Waals surface area contributed by atoms with E-state index in [1.165, 1.54) is 16.2 Å². The summed E-state index contributed by atoms with van der Waals surface area (Å²) in [7, 11) is 0. The molecular weight excluding hydrogens is 396 g/mol. The van der Waals surface area contributed by atoms with Crippen LogP contribution >= 0.6 is 11.3 Å². The summed E-state index contributed by atoms with van der Waals surface area (Å²) in [6.45, 7) is 4.59. The van der Waals surface area contributed by atoms with Crippen molar-refractivity contribution < 1.29 is 14.3 Å². The highest BCUT2D eigenvalue weighted by Crippen LogP contribution is 2.36. The van der Waals surface area contributed by atoms with Gasteiger partial charge in [-0.25, -0.2) is 4.90 Å². The summed E-state index contributed by atoms with van der Waals surface area (Å²) in [5.41, 5.74) is 2.90. The highest BCUT2D eigenvalue weighted by Gasteiger charge is 2.40. The van der Waals surface area contributed by atoms with E-state index < -0.39 is 0 Å². The molecule has 1 aliphatic rings. The van der Waals surface area contributed by atoms with Gasteiger partial charge < -0.3 is 10.1 Å². The Balaban J connectivity index is 1.73. The minimum absolute atomic E-state index is 0.275. The van der Waals surface area contributed by atoms with Gasteiger partial charge in [-0.1, -0.05) is 31.2 Å². The van der Waals surface area contributed by atoms with E-state index in [4.69, 9.17) is 4.74 Å². The number of carbonyl (C=O) groups excluding carboxylic acids is 2. The van der Waals surface area contributed by atoms with Gasteiger partial charge in [0.1, 0.15) is 11.4 Å². The summed E-state index contributed by atoms with van der Waals surface area (Å²) in [6.07, 6.45) is 0.907. The molecule has 3 aromatic rings. The second kappa shape index (κ2) is 8.55. The van der Waals surface area contributed by atoms with Crippen molar-refractivity contribution in [3.8, 4) is 5.75 Å². The van der Waals surface area contributed by atoms with E-state index in [1.807, 2.05) is 73.8 Å². The molecule has 0 bridgehead atoms. The standard InChI is InChI=1S/C24H22N2O3S/c1-3-12-29-19-10-5-8-17(15-19)25-22-21(20-11-6-13-30-20)23(27)26(24(22)28)18-9-4-7-16(2)14-18/h4-11,13-15,25H,3,12H2,1-2H3.